The van der Waals surface area contributed by atoms with E-state index in [-0.39, 0.29) is 5.75 Å². The second kappa shape index (κ2) is 5.21. The maximum atomic E-state index is 11.1. The lowest BCUT2D eigenvalue weighted by Gasteiger charge is -2.06. The fraction of sp³-hybridized carbons (Fsp3) is 0.250. The summed E-state index contributed by atoms with van der Waals surface area (Å²) in [6.07, 6.45) is 0. The van der Waals surface area contributed by atoms with Crippen LogP contribution in [0, 0.1) is 0 Å². The number of alkyl halides is 1. The zero-order valence-corrected chi connectivity index (χ0v) is 11.0. The molecular weight excluding hydrogens is 288 g/mol. The topological polar surface area (TPSA) is 106 Å². The number of nitrogens with one attached hydrogen (secondary N) is 1. The number of primary sulfonamides is 1. The van der Waals surface area contributed by atoms with E-state index in [0.29, 0.717) is 11.3 Å². The summed E-state index contributed by atoms with van der Waals surface area (Å²) >= 11 is 5.22. The average Bonchev–Trinajstić information content (AvgIpc) is 2.19. The van der Waals surface area contributed by atoms with Gasteiger partial charge in [0.1, 0.15) is 5.21 Å². The van der Waals surface area contributed by atoms with Gasteiger partial charge >= 0.3 is 0 Å². The number of halogens is 1. The van der Waals surface area contributed by atoms with E-state index in [2.05, 4.69) is 4.72 Å². The third-order valence-electron chi connectivity index (χ3n) is 1.74. The Kier molecular flexibility index (Phi) is 4.36. The van der Waals surface area contributed by atoms with Crippen molar-refractivity contribution in [1.82, 2.24) is 0 Å². The minimum Gasteiger partial charge on any atom is -0.283 e. The van der Waals surface area contributed by atoms with E-state index in [1.807, 2.05) is 0 Å². The van der Waals surface area contributed by atoms with Gasteiger partial charge in [-0.05, 0) is 17.7 Å². The van der Waals surface area contributed by atoms with E-state index in [0.717, 1.165) is 0 Å². The monoisotopic (exact) mass is 298 g/mol. The van der Waals surface area contributed by atoms with E-state index in [1.54, 1.807) is 0 Å². The summed E-state index contributed by atoms with van der Waals surface area (Å²) in [5.74, 6) is -0.296. The highest BCUT2D eigenvalue weighted by molar-refractivity contribution is 7.93. The lowest BCUT2D eigenvalue weighted by atomic mass is 10.2. The molecule has 0 saturated carbocycles. The van der Waals surface area contributed by atoms with Crippen LogP contribution in [0.1, 0.15) is 5.56 Å². The molecular formula is C8H11ClN2O4S2. The number of anilines is 1. The molecule has 0 heterocycles. The molecule has 0 saturated heterocycles. The molecule has 0 spiro atoms. The van der Waals surface area contributed by atoms with Crippen molar-refractivity contribution in [3.63, 3.8) is 0 Å². The third-order valence-corrected chi connectivity index (χ3v) is 4.17. The zero-order valence-electron chi connectivity index (χ0n) is 8.63. The normalized spacial score (nSPS) is 12.4. The van der Waals surface area contributed by atoms with Gasteiger partial charge in [0.2, 0.25) is 20.0 Å². The van der Waals surface area contributed by atoms with Crippen molar-refractivity contribution in [2.24, 2.45) is 5.14 Å². The van der Waals surface area contributed by atoms with E-state index in [1.165, 1.54) is 24.3 Å². The molecule has 0 aromatic heterocycles. The van der Waals surface area contributed by atoms with Crippen molar-refractivity contribution in [2.75, 3.05) is 9.93 Å². The molecule has 6 nitrogen and oxygen atoms in total. The molecule has 3 N–H and O–H groups in total. The maximum absolute atomic E-state index is 11.1. The van der Waals surface area contributed by atoms with Gasteiger partial charge in [0.05, 0.1) is 5.75 Å². The number of benzene rings is 1. The van der Waals surface area contributed by atoms with Gasteiger partial charge in [0.25, 0.3) is 0 Å². The molecule has 0 amide bonds. The molecule has 0 aliphatic carbocycles. The Balaban J connectivity index is 2.82. The molecule has 17 heavy (non-hydrogen) atoms. The maximum Gasteiger partial charge on any atom is 0.246 e. The second-order valence-corrected chi connectivity index (χ2v) is 7.25. The predicted molar refractivity (Wildman–Crippen MR) is 66.5 cm³/mol. The highest BCUT2D eigenvalue weighted by Crippen LogP contribution is 2.13. The molecule has 9 heteroatoms. The van der Waals surface area contributed by atoms with Crippen LogP contribution in [-0.2, 0) is 25.8 Å². The van der Waals surface area contributed by atoms with Crippen molar-refractivity contribution in [1.29, 1.82) is 0 Å². The van der Waals surface area contributed by atoms with Crippen LogP contribution in [-0.4, -0.2) is 22.0 Å². The van der Waals surface area contributed by atoms with Crippen LogP contribution in [0.15, 0.2) is 24.3 Å². The van der Waals surface area contributed by atoms with Gasteiger partial charge in [-0.3, -0.25) is 4.72 Å². The van der Waals surface area contributed by atoms with Gasteiger partial charge in [0.15, 0.2) is 0 Å². The Labute approximate surface area is 105 Å². The number of rotatable bonds is 5. The summed E-state index contributed by atoms with van der Waals surface area (Å²) in [4.78, 5) is 0. The Hall–Kier alpha value is -0.830. The molecule has 1 aromatic carbocycles. The largest absolute Gasteiger partial charge is 0.283 e. The van der Waals surface area contributed by atoms with E-state index in [4.69, 9.17) is 16.7 Å². The Morgan fingerprint density at radius 1 is 1.12 bits per heavy atom. The number of sulfonamides is 2. The van der Waals surface area contributed by atoms with Gasteiger partial charge in [0, 0.05) is 5.69 Å². The number of hydrogen-bond donors (Lipinski definition) is 2. The Bertz CT molecular complexity index is 580. The molecule has 1 rings (SSSR count). The smallest absolute Gasteiger partial charge is 0.246 e. The fourth-order valence-electron chi connectivity index (χ4n) is 1.11. The van der Waals surface area contributed by atoms with Gasteiger partial charge in [-0.15, -0.1) is 11.6 Å². The van der Waals surface area contributed by atoms with Gasteiger partial charge in [-0.2, -0.15) is 0 Å². The van der Waals surface area contributed by atoms with Crippen LogP contribution in [0.2, 0.25) is 0 Å². The van der Waals surface area contributed by atoms with E-state index in [9.17, 15) is 16.8 Å². The molecule has 0 unspecified atom stereocenters. The number of nitrogens with two attached hydrogens (primary N) is 1. The first-order valence-electron chi connectivity index (χ1n) is 4.38. The average molecular weight is 299 g/mol. The van der Waals surface area contributed by atoms with Crippen LogP contribution < -0.4 is 9.86 Å². The predicted octanol–water partition coefficient (Wildman–Crippen LogP) is 0.413. The molecule has 1 aromatic rings. The van der Waals surface area contributed by atoms with Gasteiger partial charge < -0.3 is 0 Å². The minimum atomic E-state index is -3.59. The van der Waals surface area contributed by atoms with E-state index < -0.39 is 25.3 Å². The minimum absolute atomic E-state index is 0.296. The summed E-state index contributed by atoms with van der Waals surface area (Å²) in [6, 6.07) is 5.81. The van der Waals surface area contributed by atoms with Crippen LogP contribution in [0.3, 0.4) is 0 Å². The standard InChI is InChI=1S/C8H11ClN2O4S2/c9-6-17(14,15)11-8-3-1-7(2-4-8)5-16(10,12)13/h1-4,11H,5-6H2,(H2,10,12,13). The van der Waals surface area contributed by atoms with Crippen LogP contribution in [0.25, 0.3) is 0 Å². The molecule has 0 aliphatic heterocycles. The summed E-state index contributed by atoms with van der Waals surface area (Å²) < 4.78 is 46.1. The lowest BCUT2D eigenvalue weighted by Crippen LogP contribution is -2.15. The summed E-state index contributed by atoms with van der Waals surface area (Å²) in [5, 5.41) is 4.32. The lowest BCUT2D eigenvalue weighted by molar-refractivity contribution is 0.596. The van der Waals surface area contributed by atoms with Crippen molar-refractivity contribution >= 4 is 37.3 Å². The van der Waals surface area contributed by atoms with Crippen LogP contribution >= 0.6 is 11.6 Å². The van der Waals surface area contributed by atoms with Crippen LogP contribution in [0.4, 0.5) is 5.69 Å². The highest BCUT2D eigenvalue weighted by Gasteiger charge is 2.09. The summed E-state index contributed by atoms with van der Waals surface area (Å²) in [5.41, 5.74) is 0.783. The summed E-state index contributed by atoms with van der Waals surface area (Å²) in [7, 11) is -7.14. The molecule has 0 fully saturated rings. The highest BCUT2D eigenvalue weighted by atomic mass is 35.5. The van der Waals surface area contributed by atoms with Crippen molar-refractivity contribution in [3.8, 4) is 0 Å². The fourth-order valence-corrected chi connectivity index (χ4v) is 2.48. The first kappa shape index (κ1) is 14.2. The van der Waals surface area contributed by atoms with Crippen LogP contribution in [0.5, 0.6) is 0 Å². The van der Waals surface area contributed by atoms with Gasteiger partial charge in [-0.1, -0.05) is 12.1 Å². The number of hydrogen-bond acceptors (Lipinski definition) is 4. The zero-order chi connectivity index (χ0) is 13.1. The van der Waals surface area contributed by atoms with Crippen molar-refractivity contribution < 1.29 is 16.8 Å². The third kappa shape index (κ3) is 5.35. The molecule has 0 radical (unpaired) electrons. The molecule has 0 atom stereocenters. The molecule has 0 bridgehead atoms. The van der Waals surface area contributed by atoms with Crippen molar-refractivity contribution in [2.45, 2.75) is 5.75 Å². The Morgan fingerprint density at radius 2 is 1.65 bits per heavy atom. The molecule has 0 aliphatic rings. The summed E-state index contributed by atoms with van der Waals surface area (Å²) in [6.45, 7) is 0. The van der Waals surface area contributed by atoms with Crippen molar-refractivity contribution in [3.05, 3.63) is 29.8 Å². The van der Waals surface area contributed by atoms with Gasteiger partial charge in [-0.25, -0.2) is 22.0 Å². The van der Waals surface area contributed by atoms with E-state index >= 15 is 0 Å². The first-order valence-corrected chi connectivity index (χ1v) is 8.28. The SMILES string of the molecule is NS(=O)(=O)Cc1ccc(NS(=O)(=O)CCl)cc1. The quantitative estimate of drug-likeness (QED) is 0.768. The Morgan fingerprint density at radius 3 is 2.06 bits per heavy atom. The first-order chi connectivity index (χ1) is 7.72. The second-order valence-electron chi connectivity index (χ2n) is 3.33. The molecule has 96 valence electrons.